The van der Waals surface area contributed by atoms with Gasteiger partial charge in [0.15, 0.2) is 0 Å². The largest absolute Gasteiger partial charge is 0.393 e. The second-order valence-corrected chi connectivity index (χ2v) is 14.3. The smallest absolute Gasteiger partial charge is 0.0890 e. The molecule has 43 heavy (non-hydrogen) atoms. The van der Waals surface area contributed by atoms with E-state index in [-0.39, 0.29) is 11.5 Å². The van der Waals surface area contributed by atoms with Gasteiger partial charge in [0.1, 0.15) is 0 Å². The maximum atomic E-state index is 10.5. The van der Waals surface area contributed by atoms with Gasteiger partial charge in [-0.25, -0.2) is 0 Å². The average molecular weight is 589 g/mol. The van der Waals surface area contributed by atoms with Crippen LogP contribution in [0.1, 0.15) is 108 Å². The van der Waals surface area contributed by atoms with E-state index < -0.39 is 17.6 Å². The molecule has 0 spiro atoms. The summed E-state index contributed by atoms with van der Waals surface area (Å²) in [6.07, 6.45) is 27.3. The normalized spacial score (nSPS) is 26.6. The highest BCUT2D eigenvalue weighted by atomic mass is 16.3. The van der Waals surface area contributed by atoms with E-state index in [1.165, 1.54) is 39.0 Å². The summed E-state index contributed by atoms with van der Waals surface area (Å²) in [4.78, 5) is 0. The average Bonchev–Trinajstić information content (AvgIpc) is 2.88. The Morgan fingerprint density at radius 1 is 0.791 bits per heavy atom. The predicted octanol–water partition coefficient (Wildman–Crippen LogP) is 9.82. The molecule has 3 N–H and O–H groups in total. The van der Waals surface area contributed by atoms with E-state index in [1.54, 1.807) is 0 Å². The summed E-state index contributed by atoms with van der Waals surface area (Å²) in [6.45, 7) is 21.4. The molecule has 3 nitrogen and oxygen atoms in total. The van der Waals surface area contributed by atoms with Crippen LogP contribution in [0.2, 0.25) is 0 Å². The quantitative estimate of drug-likeness (QED) is 0.157. The van der Waals surface area contributed by atoms with Gasteiger partial charge in [-0.1, -0.05) is 140 Å². The monoisotopic (exact) mass is 588 g/mol. The fourth-order valence-electron chi connectivity index (χ4n) is 6.56. The summed E-state index contributed by atoms with van der Waals surface area (Å²) < 4.78 is 0. The van der Waals surface area contributed by atoms with Crippen LogP contribution in [-0.4, -0.2) is 33.6 Å². The molecule has 0 saturated carbocycles. The fourth-order valence-corrected chi connectivity index (χ4v) is 6.56. The van der Waals surface area contributed by atoms with Gasteiger partial charge in [0.25, 0.3) is 0 Å². The lowest BCUT2D eigenvalue weighted by Gasteiger charge is -2.41. The minimum atomic E-state index is -0.725. The van der Waals surface area contributed by atoms with E-state index >= 15 is 0 Å². The van der Waals surface area contributed by atoms with Crippen molar-refractivity contribution in [2.75, 3.05) is 0 Å². The first-order valence-corrected chi connectivity index (χ1v) is 16.2. The number of aliphatic hydroxyl groups excluding tert-OH is 3. The number of hydrogen-bond acceptors (Lipinski definition) is 3. The number of rotatable bonds is 12. The molecule has 0 aromatic heterocycles. The van der Waals surface area contributed by atoms with Crippen molar-refractivity contribution in [3.05, 3.63) is 106 Å². The van der Waals surface area contributed by atoms with Crippen molar-refractivity contribution in [3.63, 3.8) is 0 Å². The first-order chi connectivity index (χ1) is 20.0. The molecular weight excluding hydrogens is 528 g/mol. The van der Waals surface area contributed by atoms with Crippen LogP contribution in [0.5, 0.6) is 0 Å². The lowest BCUT2D eigenvalue weighted by molar-refractivity contribution is -0.0462. The van der Waals surface area contributed by atoms with E-state index in [0.717, 1.165) is 32.1 Å². The number of hydrogen-bond donors (Lipinski definition) is 3. The zero-order chi connectivity index (χ0) is 32.4. The van der Waals surface area contributed by atoms with Gasteiger partial charge in [-0.05, 0) is 84.5 Å². The molecule has 4 atom stereocenters. The number of allylic oxidation sites excluding steroid dienone is 15. The van der Waals surface area contributed by atoms with E-state index in [9.17, 15) is 15.3 Å². The Balaban J connectivity index is 1.82. The third-order valence-electron chi connectivity index (χ3n) is 9.31. The van der Waals surface area contributed by atoms with Crippen LogP contribution < -0.4 is 0 Å². The highest BCUT2D eigenvalue weighted by Crippen LogP contribution is 2.43. The molecule has 0 aliphatic heterocycles. The summed E-state index contributed by atoms with van der Waals surface area (Å²) in [5.41, 5.74) is 8.55. The Morgan fingerprint density at radius 3 is 2.02 bits per heavy atom. The van der Waals surface area contributed by atoms with Crippen molar-refractivity contribution in [1.82, 2.24) is 0 Å². The molecule has 3 heteroatoms. The Bertz CT molecular complexity index is 1220. The zero-order valence-electron chi connectivity index (χ0n) is 28.7. The lowest BCUT2D eigenvalue weighted by atomic mass is 9.68. The van der Waals surface area contributed by atoms with E-state index in [1.807, 2.05) is 13.8 Å². The lowest BCUT2D eigenvalue weighted by Crippen LogP contribution is -2.44. The van der Waals surface area contributed by atoms with Crippen LogP contribution in [-0.2, 0) is 0 Å². The summed E-state index contributed by atoms with van der Waals surface area (Å²) in [6, 6.07) is 0. The Kier molecular flexibility index (Phi) is 14.2. The second kappa shape index (κ2) is 16.6. The highest BCUT2D eigenvalue weighted by molar-refractivity contribution is 5.32. The SMILES string of the molecule is CC1=C(C/C=C(C)/C=C/CC(C)/C=C/C=C/C(C)=C/C=C/C(C)=C/CC2=C(C)C[C@@H](O)[C@H](O)C2(C)C)C(C)(C)C[C@H](O)C1. The molecule has 0 aromatic carbocycles. The van der Waals surface area contributed by atoms with Gasteiger partial charge in [0.05, 0.1) is 18.3 Å². The van der Waals surface area contributed by atoms with Crippen molar-refractivity contribution >= 4 is 0 Å². The standard InChI is InChI=1S/C40H60O3/c1-28(17-13-19-30(3)21-23-35-32(5)25-34(41)27-39(35,7)8)15-11-12-16-29(2)18-14-20-31(4)22-24-36-33(6)26-37(42)38(43)40(36,9)10/h11-16,18-22,28,34,37-38,41-43H,17,23-27H2,1-10H3/b15-11+,16-12+,19-13+,20-14+,29-18+,30-21+,31-22+/t28?,34-,37-,38+/m1/s1. The summed E-state index contributed by atoms with van der Waals surface area (Å²) in [7, 11) is 0. The van der Waals surface area contributed by atoms with Crippen LogP contribution in [0.25, 0.3) is 0 Å². The maximum absolute atomic E-state index is 10.5. The summed E-state index contributed by atoms with van der Waals surface area (Å²) in [5.74, 6) is 0.464. The van der Waals surface area contributed by atoms with Crippen molar-refractivity contribution in [2.45, 2.75) is 126 Å². The minimum absolute atomic E-state index is 0.0663. The highest BCUT2D eigenvalue weighted by Gasteiger charge is 2.40. The van der Waals surface area contributed by atoms with E-state index in [4.69, 9.17) is 0 Å². The molecule has 2 aliphatic carbocycles. The molecule has 2 aliphatic rings. The summed E-state index contributed by atoms with van der Waals surface area (Å²) in [5, 5.41) is 30.7. The maximum Gasteiger partial charge on any atom is 0.0890 e. The molecule has 0 heterocycles. The van der Waals surface area contributed by atoms with Gasteiger partial charge in [0, 0.05) is 5.41 Å². The van der Waals surface area contributed by atoms with E-state index in [0.29, 0.717) is 12.3 Å². The Labute approximate surface area is 263 Å². The second-order valence-electron chi connectivity index (χ2n) is 14.3. The minimum Gasteiger partial charge on any atom is -0.393 e. The first kappa shape index (κ1) is 36.7. The van der Waals surface area contributed by atoms with Crippen molar-refractivity contribution in [2.24, 2.45) is 16.7 Å². The molecule has 0 amide bonds. The molecule has 0 radical (unpaired) electrons. The Hall–Kier alpha value is -2.46. The van der Waals surface area contributed by atoms with Crippen molar-refractivity contribution in [3.8, 4) is 0 Å². The van der Waals surface area contributed by atoms with Crippen molar-refractivity contribution < 1.29 is 15.3 Å². The number of aliphatic hydroxyl groups is 3. The molecule has 2 rings (SSSR count). The van der Waals surface area contributed by atoms with Crippen LogP contribution >= 0.6 is 0 Å². The fraction of sp³-hybridized carbons (Fsp3) is 0.550. The van der Waals surface area contributed by atoms with Gasteiger partial charge in [-0.3, -0.25) is 0 Å². The molecule has 0 aromatic rings. The van der Waals surface area contributed by atoms with Gasteiger partial charge >= 0.3 is 0 Å². The summed E-state index contributed by atoms with van der Waals surface area (Å²) >= 11 is 0. The zero-order valence-corrected chi connectivity index (χ0v) is 28.7. The topological polar surface area (TPSA) is 60.7 Å². The van der Waals surface area contributed by atoms with Crippen LogP contribution in [0.3, 0.4) is 0 Å². The van der Waals surface area contributed by atoms with E-state index in [2.05, 4.69) is 122 Å². The van der Waals surface area contributed by atoms with Gasteiger partial charge in [-0.2, -0.15) is 0 Å². The van der Waals surface area contributed by atoms with Gasteiger partial charge in [0.2, 0.25) is 0 Å². The van der Waals surface area contributed by atoms with Crippen LogP contribution in [0.15, 0.2) is 106 Å². The van der Waals surface area contributed by atoms with Gasteiger partial charge in [-0.15, -0.1) is 0 Å². The molecule has 238 valence electrons. The third kappa shape index (κ3) is 11.5. The van der Waals surface area contributed by atoms with Crippen molar-refractivity contribution in [1.29, 1.82) is 0 Å². The first-order valence-electron chi connectivity index (χ1n) is 16.2. The Morgan fingerprint density at radius 2 is 1.37 bits per heavy atom. The molecule has 1 unspecified atom stereocenters. The molecule has 0 saturated heterocycles. The van der Waals surface area contributed by atoms with Crippen LogP contribution in [0.4, 0.5) is 0 Å². The van der Waals surface area contributed by atoms with Gasteiger partial charge < -0.3 is 15.3 Å². The van der Waals surface area contributed by atoms with Crippen LogP contribution in [0, 0.1) is 16.7 Å². The third-order valence-corrected chi connectivity index (χ3v) is 9.31. The molecule has 0 fully saturated rings. The molecule has 0 bridgehead atoms. The molecular formula is C40H60O3. The predicted molar refractivity (Wildman–Crippen MR) is 186 cm³/mol.